The van der Waals surface area contributed by atoms with Crippen LogP contribution in [0.4, 0.5) is 13.2 Å². The molecule has 0 N–H and O–H groups in total. The molecule has 3 aromatic rings. The minimum absolute atomic E-state index is 0.0115. The van der Waals surface area contributed by atoms with E-state index in [1.807, 2.05) is 11.5 Å². The van der Waals surface area contributed by atoms with Gasteiger partial charge >= 0.3 is 0 Å². The summed E-state index contributed by atoms with van der Waals surface area (Å²) in [5.41, 5.74) is 1.21. The van der Waals surface area contributed by atoms with Gasteiger partial charge in [0, 0.05) is 44.2 Å². The van der Waals surface area contributed by atoms with Crippen LogP contribution in [-0.2, 0) is 31.8 Å². The molecule has 0 amide bonds. The molecular formula is C23H26F3N3O4S2. The monoisotopic (exact) mass is 529 g/mol. The van der Waals surface area contributed by atoms with Crippen molar-refractivity contribution in [1.82, 2.24) is 13.9 Å². The number of hydrogen-bond acceptors (Lipinski definition) is 6. The van der Waals surface area contributed by atoms with Crippen LogP contribution in [0, 0.1) is 17.5 Å². The first-order valence-electron chi connectivity index (χ1n) is 11.2. The number of benzene rings is 2. The molecule has 1 fully saturated rings. The molecule has 2 aromatic carbocycles. The standard InChI is InChI=1S/C23H26F3N3O4S2/c1-2-32-11-3-8-29-20-7-5-17(35(30,31)28-9-12-33-13-10-28)14-19(20)27-23(29)34-15-16-4-6-18(24)22(26)21(16)25/h4-7,14H,2-3,8-13,15H2,1H3. The van der Waals surface area contributed by atoms with Gasteiger partial charge in [-0.2, -0.15) is 4.31 Å². The second kappa shape index (κ2) is 11.3. The van der Waals surface area contributed by atoms with Crippen LogP contribution in [0.25, 0.3) is 11.0 Å². The molecule has 1 aliphatic heterocycles. The van der Waals surface area contributed by atoms with Crippen LogP contribution in [0.3, 0.4) is 0 Å². The Labute approximate surface area is 206 Å². The lowest BCUT2D eigenvalue weighted by Crippen LogP contribution is -2.40. The largest absolute Gasteiger partial charge is 0.382 e. The second-order valence-electron chi connectivity index (χ2n) is 7.89. The fourth-order valence-corrected chi connectivity index (χ4v) is 6.24. The average molecular weight is 530 g/mol. The fourth-order valence-electron chi connectivity index (χ4n) is 3.80. The van der Waals surface area contributed by atoms with Crippen LogP contribution >= 0.6 is 11.8 Å². The van der Waals surface area contributed by atoms with Crippen molar-refractivity contribution in [2.45, 2.75) is 35.7 Å². The Bertz CT molecular complexity index is 1290. The van der Waals surface area contributed by atoms with E-state index in [0.29, 0.717) is 50.1 Å². The number of nitrogens with zero attached hydrogens (tertiary/aromatic N) is 3. The predicted molar refractivity (Wildman–Crippen MR) is 126 cm³/mol. The van der Waals surface area contributed by atoms with Gasteiger partial charge in [0.25, 0.3) is 0 Å². The quantitative estimate of drug-likeness (QED) is 0.223. The lowest BCUT2D eigenvalue weighted by Gasteiger charge is -2.26. The van der Waals surface area contributed by atoms with Gasteiger partial charge in [0.15, 0.2) is 22.6 Å². The summed E-state index contributed by atoms with van der Waals surface area (Å²) in [6, 6.07) is 6.88. The Morgan fingerprint density at radius 3 is 2.63 bits per heavy atom. The summed E-state index contributed by atoms with van der Waals surface area (Å²) in [6.07, 6.45) is 0.681. The number of aromatic nitrogens is 2. The first-order chi connectivity index (χ1) is 16.8. The molecule has 0 bridgehead atoms. The molecular weight excluding hydrogens is 503 g/mol. The third-order valence-corrected chi connectivity index (χ3v) is 8.56. The Morgan fingerprint density at radius 1 is 1.11 bits per heavy atom. The molecule has 4 rings (SSSR count). The molecule has 1 aliphatic rings. The van der Waals surface area contributed by atoms with Crippen molar-refractivity contribution in [1.29, 1.82) is 0 Å². The summed E-state index contributed by atoms with van der Waals surface area (Å²) < 4.78 is 81.2. The SMILES string of the molecule is CCOCCCn1c(SCc2ccc(F)c(F)c2F)nc2cc(S(=O)(=O)N3CCOCC3)ccc21. The van der Waals surface area contributed by atoms with Gasteiger partial charge < -0.3 is 14.0 Å². The van der Waals surface area contributed by atoms with E-state index < -0.39 is 27.5 Å². The van der Waals surface area contributed by atoms with Gasteiger partial charge in [-0.15, -0.1) is 0 Å². The molecule has 2 heterocycles. The molecule has 0 spiro atoms. The Kier molecular flexibility index (Phi) is 8.38. The first kappa shape index (κ1) is 26.0. The number of thioether (sulfide) groups is 1. The lowest BCUT2D eigenvalue weighted by molar-refractivity contribution is 0.0730. The van der Waals surface area contributed by atoms with Crippen molar-refractivity contribution in [2.24, 2.45) is 0 Å². The molecule has 190 valence electrons. The molecule has 0 unspecified atom stereocenters. The van der Waals surface area contributed by atoms with Gasteiger partial charge in [-0.25, -0.2) is 26.6 Å². The molecule has 0 aliphatic carbocycles. The van der Waals surface area contributed by atoms with Gasteiger partial charge in [0.05, 0.1) is 29.1 Å². The molecule has 1 aromatic heterocycles. The van der Waals surface area contributed by atoms with E-state index in [1.54, 1.807) is 12.1 Å². The van der Waals surface area contributed by atoms with Gasteiger partial charge in [0.2, 0.25) is 10.0 Å². The smallest absolute Gasteiger partial charge is 0.243 e. The summed E-state index contributed by atoms with van der Waals surface area (Å²) in [7, 11) is -3.70. The zero-order valence-corrected chi connectivity index (χ0v) is 20.8. The third kappa shape index (κ3) is 5.67. The van der Waals surface area contributed by atoms with Crippen LogP contribution in [0.5, 0.6) is 0 Å². The highest BCUT2D eigenvalue weighted by molar-refractivity contribution is 7.98. The molecule has 0 atom stereocenters. The predicted octanol–water partition coefficient (Wildman–Crippen LogP) is 4.19. The van der Waals surface area contributed by atoms with Gasteiger partial charge in [-0.05, 0) is 37.6 Å². The highest BCUT2D eigenvalue weighted by atomic mass is 32.2. The number of fused-ring (bicyclic) bond motifs is 1. The van der Waals surface area contributed by atoms with Gasteiger partial charge in [-0.1, -0.05) is 17.8 Å². The molecule has 12 heteroatoms. The Balaban J connectivity index is 1.64. The summed E-state index contributed by atoms with van der Waals surface area (Å²) in [5, 5.41) is 0.515. The molecule has 7 nitrogen and oxygen atoms in total. The number of rotatable bonds is 10. The maximum atomic E-state index is 14.2. The maximum absolute atomic E-state index is 14.2. The topological polar surface area (TPSA) is 73.7 Å². The number of sulfonamides is 1. The number of hydrogen-bond donors (Lipinski definition) is 0. The Morgan fingerprint density at radius 2 is 1.89 bits per heavy atom. The minimum atomic E-state index is -3.70. The zero-order chi connectivity index (χ0) is 25.0. The number of imidazole rings is 1. The average Bonchev–Trinajstić information content (AvgIpc) is 3.22. The van der Waals surface area contributed by atoms with Gasteiger partial charge in [0.1, 0.15) is 0 Å². The van der Waals surface area contributed by atoms with Gasteiger partial charge in [-0.3, -0.25) is 0 Å². The van der Waals surface area contributed by atoms with Crippen LogP contribution in [0.15, 0.2) is 40.4 Å². The Hall–Kier alpha value is -2.12. The maximum Gasteiger partial charge on any atom is 0.243 e. The van der Waals surface area contributed by atoms with E-state index in [2.05, 4.69) is 4.98 Å². The van der Waals surface area contributed by atoms with E-state index in [0.717, 1.165) is 11.6 Å². The third-order valence-electron chi connectivity index (χ3n) is 5.64. The molecule has 0 saturated carbocycles. The van der Waals surface area contributed by atoms with Crippen LogP contribution in [0.2, 0.25) is 0 Å². The number of halogens is 3. The summed E-state index contributed by atoms with van der Waals surface area (Å²) >= 11 is 1.17. The fraction of sp³-hybridized carbons (Fsp3) is 0.435. The van der Waals surface area contributed by atoms with E-state index in [4.69, 9.17) is 9.47 Å². The lowest BCUT2D eigenvalue weighted by atomic mass is 10.2. The van der Waals surface area contributed by atoms with E-state index >= 15 is 0 Å². The zero-order valence-electron chi connectivity index (χ0n) is 19.2. The number of ether oxygens (including phenoxy) is 2. The summed E-state index contributed by atoms with van der Waals surface area (Å²) in [5.74, 6) is -3.95. The normalized spacial score (nSPS) is 15.2. The molecule has 1 saturated heterocycles. The van der Waals surface area contributed by atoms with Crippen molar-refractivity contribution in [3.05, 3.63) is 53.3 Å². The van der Waals surface area contributed by atoms with Crippen molar-refractivity contribution in [3.63, 3.8) is 0 Å². The van der Waals surface area contributed by atoms with Crippen molar-refractivity contribution in [3.8, 4) is 0 Å². The highest BCUT2D eigenvalue weighted by Crippen LogP contribution is 2.30. The summed E-state index contributed by atoms with van der Waals surface area (Å²) in [6.45, 7) is 4.82. The summed E-state index contributed by atoms with van der Waals surface area (Å²) in [4.78, 5) is 4.74. The van der Waals surface area contributed by atoms with E-state index in [-0.39, 0.29) is 29.3 Å². The van der Waals surface area contributed by atoms with Crippen molar-refractivity contribution in [2.75, 3.05) is 39.5 Å². The van der Waals surface area contributed by atoms with E-state index in [1.165, 1.54) is 28.2 Å². The minimum Gasteiger partial charge on any atom is -0.382 e. The first-order valence-corrected chi connectivity index (χ1v) is 13.7. The number of morpholine rings is 1. The van der Waals surface area contributed by atoms with Crippen molar-refractivity contribution >= 4 is 32.8 Å². The number of aryl methyl sites for hydroxylation is 1. The van der Waals surface area contributed by atoms with Crippen LogP contribution in [-0.4, -0.2) is 61.8 Å². The molecule has 35 heavy (non-hydrogen) atoms. The van der Waals surface area contributed by atoms with Crippen molar-refractivity contribution < 1.29 is 31.1 Å². The van der Waals surface area contributed by atoms with E-state index in [9.17, 15) is 21.6 Å². The van der Waals surface area contributed by atoms with Crippen LogP contribution < -0.4 is 0 Å². The van der Waals surface area contributed by atoms with Crippen LogP contribution in [0.1, 0.15) is 18.9 Å². The second-order valence-corrected chi connectivity index (χ2v) is 10.8. The molecule has 0 radical (unpaired) electrons. The highest BCUT2D eigenvalue weighted by Gasteiger charge is 2.27.